The van der Waals surface area contributed by atoms with Crippen molar-refractivity contribution in [3.8, 4) is 0 Å². The lowest BCUT2D eigenvalue weighted by molar-refractivity contribution is 0.0982. The van der Waals surface area contributed by atoms with E-state index >= 15 is 0 Å². The Labute approximate surface area is 142 Å². The van der Waals surface area contributed by atoms with E-state index < -0.39 is 10.0 Å². The Morgan fingerprint density at radius 2 is 1.88 bits per heavy atom. The van der Waals surface area contributed by atoms with Crippen molar-refractivity contribution in [3.63, 3.8) is 0 Å². The number of aromatic nitrogens is 2. The maximum atomic E-state index is 13.4. The molecule has 24 heavy (non-hydrogen) atoms. The summed E-state index contributed by atoms with van der Waals surface area (Å²) in [5.41, 5.74) is 2.19. The molecule has 0 spiro atoms. The van der Waals surface area contributed by atoms with Crippen LogP contribution in [0.2, 0.25) is 0 Å². The fourth-order valence-electron chi connectivity index (χ4n) is 3.26. The first-order chi connectivity index (χ1) is 11.4. The van der Waals surface area contributed by atoms with Crippen molar-refractivity contribution >= 4 is 21.5 Å². The SMILES string of the molecule is CCc1nn(C)c(CC)c1S(=O)(=O)N1CCC(=O)c2ccccc21. The number of fused-ring (bicyclic) bond motifs is 1. The zero-order valence-corrected chi connectivity index (χ0v) is 14.9. The Morgan fingerprint density at radius 3 is 2.54 bits per heavy atom. The Bertz CT molecular complexity index is 900. The molecule has 1 aromatic heterocycles. The average Bonchev–Trinajstić information content (AvgIpc) is 2.91. The van der Waals surface area contributed by atoms with Gasteiger partial charge in [-0.05, 0) is 25.0 Å². The first-order valence-electron chi connectivity index (χ1n) is 8.11. The molecule has 0 N–H and O–H groups in total. The monoisotopic (exact) mass is 347 g/mol. The molecule has 0 saturated carbocycles. The van der Waals surface area contributed by atoms with Gasteiger partial charge >= 0.3 is 0 Å². The lowest BCUT2D eigenvalue weighted by atomic mass is 10.0. The standard InChI is InChI=1S/C17H21N3O3S/c1-4-13-17(14(5-2)19(3)18-13)24(22,23)20-11-10-16(21)12-8-6-7-9-15(12)20/h6-9H,4-5,10-11H2,1-3H3. The second kappa shape index (κ2) is 6.05. The number of rotatable bonds is 4. The Balaban J connectivity index is 2.20. The predicted molar refractivity (Wildman–Crippen MR) is 91.9 cm³/mol. The highest BCUT2D eigenvalue weighted by Crippen LogP contribution is 2.34. The van der Waals surface area contributed by atoms with Gasteiger partial charge in [0, 0.05) is 25.6 Å². The Morgan fingerprint density at radius 1 is 1.17 bits per heavy atom. The van der Waals surface area contributed by atoms with Crippen molar-refractivity contribution in [2.24, 2.45) is 7.05 Å². The molecule has 0 radical (unpaired) electrons. The number of carbonyl (C=O) groups excluding carboxylic acids is 1. The summed E-state index contributed by atoms with van der Waals surface area (Å²) in [7, 11) is -2.00. The van der Waals surface area contributed by atoms with Crippen LogP contribution in [-0.4, -0.2) is 30.5 Å². The second-order valence-corrected chi connectivity index (χ2v) is 7.62. The fraction of sp³-hybridized carbons (Fsp3) is 0.412. The van der Waals surface area contributed by atoms with Gasteiger partial charge in [-0.2, -0.15) is 5.10 Å². The summed E-state index contributed by atoms with van der Waals surface area (Å²) < 4.78 is 29.8. The number of carbonyl (C=O) groups is 1. The molecular formula is C17H21N3O3S. The summed E-state index contributed by atoms with van der Waals surface area (Å²) in [6, 6.07) is 6.89. The molecule has 2 aromatic rings. The zero-order chi connectivity index (χ0) is 17.5. The van der Waals surface area contributed by atoms with Crippen molar-refractivity contribution < 1.29 is 13.2 Å². The maximum Gasteiger partial charge on any atom is 0.268 e. The zero-order valence-electron chi connectivity index (χ0n) is 14.1. The van der Waals surface area contributed by atoms with Crippen LogP contribution in [0, 0.1) is 0 Å². The van der Waals surface area contributed by atoms with Crippen LogP contribution < -0.4 is 4.31 Å². The van der Waals surface area contributed by atoms with Gasteiger partial charge in [-0.15, -0.1) is 0 Å². The number of anilines is 1. The summed E-state index contributed by atoms with van der Waals surface area (Å²) in [6.07, 6.45) is 1.31. The van der Waals surface area contributed by atoms with E-state index in [1.54, 1.807) is 36.0 Å². The number of ketones is 1. The maximum absolute atomic E-state index is 13.4. The first kappa shape index (κ1) is 16.7. The van der Waals surface area contributed by atoms with Crippen LogP contribution in [0.4, 0.5) is 5.69 Å². The van der Waals surface area contributed by atoms with Crippen molar-refractivity contribution in [3.05, 3.63) is 41.2 Å². The molecule has 0 saturated heterocycles. The molecule has 1 aliphatic heterocycles. The second-order valence-electron chi connectivity index (χ2n) is 5.82. The third-order valence-electron chi connectivity index (χ3n) is 4.42. The molecule has 1 aromatic carbocycles. The molecule has 0 bridgehead atoms. The first-order valence-corrected chi connectivity index (χ1v) is 9.55. The third kappa shape index (κ3) is 2.43. The van der Waals surface area contributed by atoms with Gasteiger partial charge in [0.2, 0.25) is 0 Å². The number of aryl methyl sites for hydroxylation is 2. The number of benzene rings is 1. The lowest BCUT2D eigenvalue weighted by Crippen LogP contribution is -2.38. The van der Waals surface area contributed by atoms with Crippen LogP contribution >= 0.6 is 0 Å². The molecule has 2 heterocycles. The van der Waals surface area contributed by atoms with Crippen molar-refractivity contribution in [2.75, 3.05) is 10.8 Å². The lowest BCUT2D eigenvalue weighted by Gasteiger charge is -2.30. The number of Topliss-reactive ketones (excluding diaryl/α,β-unsaturated/α-hetero) is 1. The number of nitrogens with zero attached hydrogens (tertiary/aromatic N) is 3. The molecule has 0 fully saturated rings. The number of para-hydroxylation sites is 1. The van der Waals surface area contributed by atoms with Crippen LogP contribution in [0.3, 0.4) is 0 Å². The van der Waals surface area contributed by atoms with E-state index in [9.17, 15) is 13.2 Å². The van der Waals surface area contributed by atoms with E-state index in [4.69, 9.17) is 0 Å². The average molecular weight is 347 g/mol. The highest BCUT2D eigenvalue weighted by Gasteiger charge is 2.36. The molecule has 0 atom stereocenters. The molecule has 7 heteroatoms. The predicted octanol–water partition coefficient (Wildman–Crippen LogP) is 2.33. The minimum Gasteiger partial charge on any atom is -0.294 e. The molecule has 0 aliphatic carbocycles. The normalized spacial score (nSPS) is 14.8. The fourth-order valence-corrected chi connectivity index (χ4v) is 5.29. The van der Waals surface area contributed by atoms with Gasteiger partial charge in [0.25, 0.3) is 10.0 Å². The van der Waals surface area contributed by atoms with Gasteiger partial charge in [-0.3, -0.25) is 13.8 Å². The highest BCUT2D eigenvalue weighted by molar-refractivity contribution is 7.93. The van der Waals surface area contributed by atoms with E-state index in [2.05, 4.69) is 5.10 Å². The molecule has 1 aliphatic rings. The molecule has 128 valence electrons. The van der Waals surface area contributed by atoms with Crippen molar-refractivity contribution in [1.82, 2.24) is 9.78 Å². The minimum absolute atomic E-state index is 0.0188. The van der Waals surface area contributed by atoms with Crippen LogP contribution in [0.25, 0.3) is 0 Å². The topological polar surface area (TPSA) is 72.3 Å². The van der Waals surface area contributed by atoms with Crippen molar-refractivity contribution in [2.45, 2.75) is 38.0 Å². The molecular weight excluding hydrogens is 326 g/mol. The van der Waals surface area contributed by atoms with Crippen LogP contribution in [0.15, 0.2) is 29.2 Å². The highest BCUT2D eigenvalue weighted by atomic mass is 32.2. The van der Waals surface area contributed by atoms with E-state index in [0.29, 0.717) is 40.4 Å². The summed E-state index contributed by atoms with van der Waals surface area (Å²) in [5.74, 6) is -0.0188. The third-order valence-corrected chi connectivity index (χ3v) is 6.37. The van der Waals surface area contributed by atoms with Gasteiger partial charge in [-0.25, -0.2) is 8.42 Å². The largest absolute Gasteiger partial charge is 0.294 e. The van der Waals surface area contributed by atoms with E-state index in [1.165, 1.54) is 4.31 Å². The smallest absolute Gasteiger partial charge is 0.268 e. The van der Waals surface area contributed by atoms with E-state index in [0.717, 1.165) is 0 Å². The van der Waals surface area contributed by atoms with Crippen LogP contribution in [0.1, 0.15) is 42.0 Å². The number of hydrogen-bond donors (Lipinski definition) is 0. The molecule has 3 rings (SSSR count). The van der Waals surface area contributed by atoms with Gasteiger partial charge in [-0.1, -0.05) is 26.0 Å². The molecule has 0 amide bonds. The van der Waals surface area contributed by atoms with Gasteiger partial charge < -0.3 is 0 Å². The van der Waals surface area contributed by atoms with Gasteiger partial charge in [0.1, 0.15) is 4.90 Å². The summed E-state index contributed by atoms with van der Waals surface area (Å²) in [5, 5.41) is 4.38. The number of sulfonamides is 1. The van der Waals surface area contributed by atoms with Gasteiger partial charge in [0.15, 0.2) is 5.78 Å². The number of hydrogen-bond acceptors (Lipinski definition) is 4. The quantitative estimate of drug-likeness (QED) is 0.851. The summed E-state index contributed by atoms with van der Waals surface area (Å²) in [4.78, 5) is 12.4. The minimum atomic E-state index is -3.77. The van der Waals surface area contributed by atoms with Crippen LogP contribution in [-0.2, 0) is 29.9 Å². The molecule has 0 unspecified atom stereocenters. The molecule has 6 nitrogen and oxygen atoms in total. The van der Waals surface area contributed by atoms with Crippen LogP contribution in [0.5, 0.6) is 0 Å². The van der Waals surface area contributed by atoms with Crippen molar-refractivity contribution in [1.29, 1.82) is 0 Å². The Kier molecular flexibility index (Phi) is 4.21. The Hall–Kier alpha value is -2.15. The van der Waals surface area contributed by atoms with E-state index in [1.807, 2.05) is 13.8 Å². The summed E-state index contributed by atoms with van der Waals surface area (Å²) >= 11 is 0. The van der Waals surface area contributed by atoms with Gasteiger partial charge in [0.05, 0.1) is 17.1 Å². The van der Waals surface area contributed by atoms with E-state index in [-0.39, 0.29) is 18.7 Å². The summed E-state index contributed by atoms with van der Waals surface area (Å²) in [6.45, 7) is 3.98.